The van der Waals surface area contributed by atoms with E-state index in [4.69, 9.17) is 21.9 Å². The Kier molecular flexibility index (Phi) is 7.03. The number of anilines is 1. The lowest BCUT2D eigenvalue weighted by Crippen LogP contribution is -2.54. The zero-order valence-electron chi connectivity index (χ0n) is 44.3. The summed E-state index contributed by atoms with van der Waals surface area (Å²) >= 11 is 0. The molecule has 0 spiro atoms. The number of benzene rings is 2. The molecule has 2 fully saturated rings. The Balaban J connectivity index is 1.32. The fourth-order valence-electron chi connectivity index (χ4n) is 6.08. The quantitative estimate of drug-likeness (QED) is 0.211. The largest absolute Gasteiger partial charge is 0.453 e. The second-order valence-electron chi connectivity index (χ2n) is 11.9. The van der Waals surface area contributed by atoms with Crippen LogP contribution < -0.4 is 16.0 Å². The zero-order valence-corrected chi connectivity index (χ0v) is 28.3. The maximum Gasteiger partial charge on any atom is 0.407 e. The number of carbonyl (C=O) groups excluding carboxylic acids is 5. The summed E-state index contributed by atoms with van der Waals surface area (Å²) in [6.45, 7) is -15.5. The van der Waals surface area contributed by atoms with Gasteiger partial charge in [0.2, 0.25) is 17.7 Å². The van der Waals surface area contributed by atoms with Crippen molar-refractivity contribution in [3.05, 3.63) is 60.6 Å². The van der Waals surface area contributed by atoms with Crippen molar-refractivity contribution in [1.82, 2.24) is 30.4 Å². The lowest BCUT2D eigenvalue weighted by Gasteiger charge is -2.30. The van der Waals surface area contributed by atoms with E-state index in [9.17, 15) is 24.0 Å². The number of hydrogen-bond donors (Lipinski definition) is 4. The van der Waals surface area contributed by atoms with Crippen LogP contribution in [0.15, 0.2) is 54.7 Å². The first-order valence-electron chi connectivity index (χ1n) is 24.1. The molecule has 52 heavy (non-hydrogen) atoms. The molecule has 14 nitrogen and oxygen atoms in total. The Morgan fingerprint density at radius 1 is 0.788 bits per heavy atom. The van der Waals surface area contributed by atoms with Crippen molar-refractivity contribution < 1.29 is 55.4 Å². The number of nitrogens with zero attached hydrogens (tertiary/aromatic N) is 3. The number of ether oxygens (including phenoxy) is 2. The summed E-state index contributed by atoms with van der Waals surface area (Å²) in [6, 6.07) is 3.94. The molecule has 4 N–H and O–H groups in total. The van der Waals surface area contributed by atoms with Gasteiger partial charge in [0.25, 0.3) is 0 Å². The molecule has 2 aromatic carbocycles. The Morgan fingerprint density at radius 2 is 1.31 bits per heavy atom. The van der Waals surface area contributed by atoms with E-state index in [0.717, 1.165) is 24.0 Å². The fraction of sp³-hybridized carbons (Fsp3) is 0.474. The summed E-state index contributed by atoms with van der Waals surface area (Å²) in [6.07, 6.45) is -0.816. The lowest BCUT2D eigenvalue weighted by atomic mass is 10.0. The number of amides is 5. The van der Waals surface area contributed by atoms with Crippen LogP contribution in [0, 0.1) is 11.8 Å². The van der Waals surface area contributed by atoms with Crippen LogP contribution in [0.1, 0.15) is 86.9 Å². The summed E-state index contributed by atoms with van der Waals surface area (Å²) in [5.74, 6) is -11.4. The average Bonchev–Trinajstić information content (AvgIpc) is 4.06. The van der Waals surface area contributed by atoms with Crippen LogP contribution in [-0.2, 0) is 23.9 Å². The van der Waals surface area contributed by atoms with Crippen LogP contribution in [0.2, 0.25) is 0 Å². The molecule has 3 aromatic rings. The van der Waals surface area contributed by atoms with Gasteiger partial charge in [0.05, 0.1) is 34.9 Å². The number of nitrogens with one attached hydrogen (secondary N) is 4. The highest BCUT2D eigenvalue weighted by molar-refractivity contribution is 5.99. The second-order valence-corrected chi connectivity index (χ2v) is 11.9. The molecule has 3 heterocycles. The van der Waals surface area contributed by atoms with Crippen molar-refractivity contribution in [3.8, 4) is 22.4 Å². The van der Waals surface area contributed by atoms with E-state index in [-0.39, 0.29) is 43.9 Å². The molecule has 2 aliphatic rings. The Hall–Kier alpha value is -5.40. The number of hydrogen-bond acceptors (Lipinski definition) is 8. The number of likely N-dealkylation sites (tertiary alicyclic amines) is 2. The molecule has 5 rings (SSSR count). The van der Waals surface area contributed by atoms with Crippen LogP contribution in [0.25, 0.3) is 22.4 Å². The van der Waals surface area contributed by atoms with Crippen molar-refractivity contribution in [2.75, 3.05) is 32.6 Å². The SMILES string of the molecule is [2H]C([2H])([2H])C([2H])(C([2H])([2H])[2H])[C@]([2H])(NC(=O)OC)C(=O)N1CCC[C@H]1C(=O)Nc1ccc(-c2ccc(-c3cnc([C@@H]4CCCN4C(=O)[C@@]([2H])(NC(=O)OC)C([2H])(C([2H])([2H])[2H])C([2H])([2H])[2H])[nH]3)cc2)cc1. The van der Waals surface area contributed by atoms with Gasteiger partial charge in [0, 0.05) is 38.0 Å². The van der Waals surface area contributed by atoms with Gasteiger partial charge in [-0.3, -0.25) is 14.4 Å². The predicted molar refractivity (Wildman–Crippen MR) is 195 cm³/mol. The minimum absolute atomic E-state index is 0.0180. The summed E-state index contributed by atoms with van der Waals surface area (Å²) < 4.78 is 139. The molecule has 0 bridgehead atoms. The standard InChI is InChI=1S/C38H49N7O7/c1-22(2)31(42-37(49)51-5)35(47)44-19-7-9-29(44)33-39-21-28(41-33)26-13-11-24(12-14-26)25-15-17-27(18-16-25)40-34(46)30-10-8-20-45(30)36(48)32(23(3)4)43-38(50)52-6/h11-18,21-23,29-32H,7-10,19-20H2,1-6H3,(H,39,41)(H,40,46)(H,42,49)(H,43,50)/t29-,30-,31-,32-/m0/s1/i1D3,2D3,3D3,4D3,22D,23D,31D,32D. The fourth-order valence-corrected chi connectivity index (χ4v) is 6.08. The highest BCUT2D eigenvalue weighted by atomic mass is 16.5. The van der Waals surface area contributed by atoms with Gasteiger partial charge < -0.3 is 40.2 Å². The van der Waals surface area contributed by atoms with E-state index < -0.39 is 93.2 Å². The first-order chi connectivity index (χ1) is 31.2. The molecule has 278 valence electrons. The molecule has 5 amide bonds. The topological polar surface area (TPSA) is 175 Å². The van der Waals surface area contributed by atoms with Crippen LogP contribution in [-0.4, -0.2) is 95.1 Å². The number of carbonyl (C=O) groups is 5. The van der Waals surface area contributed by atoms with E-state index in [0.29, 0.717) is 28.8 Å². The molecule has 2 aliphatic heterocycles. The van der Waals surface area contributed by atoms with Gasteiger partial charge in [0.1, 0.15) is 23.9 Å². The molecular formula is C38H49N7O7. The van der Waals surface area contributed by atoms with Crippen LogP contribution in [0.3, 0.4) is 0 Å². The minimum Gasteiger partial charge on any atom is -0.453 e. The summed E-state index contributed by atoms with van der Waals surface area (Å²) in [7, 11) is 1.69. The maximum absolute atomic E-state index is 14.1. The van der Waals surface area contributed by atoms with E-state index in [1.54, 1.807) is 59.2 Å². The van der Waals surface area contributed by atoms with Crippen molar-refractivity contribution >= 4 is 35.6 Å². The number of H-pyrrole nitrogens is 1. The summed E-state index contributed by atoms with van der Waals surface area (Å²) in [4.78, 5) is 75.7. The molecule has 0 radical (unpaired) electrons. The number of rotatable bonds is 11. The molecule has 1 aromatic heterocycles. The highest BCUT2D eigenvalue weighted by Gasteiger charge is 2.39. The van der Waals surface area contributed by atoms with Gasteiger partial charge in [-0.05, 0) is 66.3 Å². The van der Waals surface area contributed by atoms with Crippen molar-refractivity contribution in [1.29, 1.82) is 0 Å². The number of alkyl carbamates (subject to hydrolysis) is 2. The van der Waals surface area contributed by atoms with Gasteiger partial charge in [0.15, 0.2) is 0 Å². The lowest BCUT2D eigenvalue weighted by molar-refractivity contribution is -0.139. The number of aromatic nitrogens is 2. The van der Waals surface area contributed by atoms with Crippen molar-refractivity contribution in [2.45, 2.75) is 77.2 Å². The van der Waals surface area contributed by atoms with Crippen molar-refractivity contribution in [2.24, 2.45) is 11.8 Å². The molecular weight excluding hydrogens is 666 g/mol. The Morgan fingerprint density at radius 3 is 1.88 bits per heavy atom. The number of aromatic amines is 1. The number of methoxy groups -OCH3 is 2. The van der Waals surface area contributed by atoms with Crippen LogP contribution in [0.4, 0.5) is 15.3 Å². The third-order valence-electron chi connectivity index (χ3n) is 8.68. The smallest absolute Gasteiger partial charge is 0.407 e. The van der Waals surface area contributed by atoms with Crippen molar-refractivity contribution in [3.63, 3.8) is 0 Å². The molecule has 0 saturated carbocycles. The molecule has 2 saturated heterocycles. The normalized spacial score (nSPS) is 25.3. The van der Waals surface area contributed by atoms with E-state index >= 15 is 0 Å². The molecule has 0 aliphatic carbocycles. The molecule has 4 atom stereocenters. The van der Waals surface area contributed by atoms with Gasteiger partial charge >= 0.3 is 12.2 Å². The number of imidazole rings is 1. The third-order valence-corrected chi connectivity index (χ3v) is 8.68. The summed E-state index contributed by atoms with van der Waals surface area (Å²) in [5.41, 5.74) is 2.76. The first kappa shape index (κ1) is 21.8. The van der Waals surface area contributed by atoms with Gasteiger partial charge in [-0.25, -0.2) is 14.6 Å². The first-order valence-corrected chi connectivity index (χ1v) is 16.1. The zero-order chi connectivity index (χ0) is 51.2. The van der Waals surface area contributed by atoms with Crippen LogP contribution >= 0.6 is 0 Å². The predicted octanol–water partition coefficient (Wildman–Crippen LogP) is 5.10. The summed E-state index contributed by atoms with van der Waals surface area (Å²) in [5, 5.41) is 6.05. The Bertz CT molecular complexity index is 2350. The monoisotopic (exact) mass is 731 g/mol. The van der Waals surface area contributed by atoms with Gasteiger partial charge in [-0.15, -0.1) is 0 Å². The van der Waals surface area contributed by atoms with Crippen LogP contribution in [0.5, 0.6) is 0 Å². The average molecular weight is 732 g/mol. The molecule has 14 heteroatoms. The van der Waals surface area contributed by atoms with E-state index in [2.05, 4.69) is 24.8 Å². The highest BCUT2D eigenvalue weighted by Crippen LogP contribution is 2.33. The van der Waals surface area contributed by atoms with Gasteiger partial charge in [-0.1, -0.05) is 63.8 Å². The third kappa shape index (κ3) is 8.55. The molecule has 0 unspecified atom stereocenters. The minimum atomic E-state index is -3.91. The maximum atomic E-state index is 14.1. The van der Waals surface area contributed by atoms with E-state index in [1.165, 1.54) is 6.20 Å². The Labute approximate surface area is 326 Å². The van der Waals surface area contributed by atoms with E-state index in [1.807, 2.05) is 0 Å². The second kappa shape index (κ2) is 16.7. The van der Waals surface area contributed by atoms with Gasteiger partial charge in [-0.2, -0.15) is 0 Å².